The molecule has 5 nitrogen and oxygen atoms in total. The van der Waals surface area contributed by atoms with Crippen molar-refractivity contribution in [3.8, 4) is 0 Å². The van der Waals surface area contributed by atoms with Crippen LogP contribution in [0.4, 0.5) is 20.9 Å². The first-order valence-electron chi connectivity index (χ1n) is 7.36. The van der Waals surface area contributed by atoms with Gasteiger partial charge in [0, 0.05) is 18.8 Å². The van der Waals surface area contributed by atoms with Gasteiger partial charge in [0.2, 0.25) is 0 Å². The van der Waals surface area contributed by atoms with E-state index in [2.05, 4.69) is 29.0 Å². The highest BCUT2D eigenvalue weighted by Gasteiger charge is 2.13. The van der Waals surface area contributed by atoms with Gasteiger partial charge in [-0.3, -0.25) is 0 Å². The van der Waals surface area contributed by atoms with E-state index in [-0.39, 0.29) is 10.7 Å². The Morgan fingerprint density at radius 3 is 2.17 bits per heavy atom. The summed E-state index contributed by atoms with van der Waals surface area (Å²) in [6.45, 7) is 5.99. The third kappa shape index (κ3) is 4.52. The maximum Gasteiger partial charge on any atom is 0.332 e. The Morgan fingerprint density at radius 2 is 1.67 bits per heavy atom. The molecule has 0 aliphatic heterocycles. The smallest absolute Gasteiger partial charge is 0.332 e. The van der Waals surface area contributed by atoms with Gasteiger partial charge < -0.3 is 4.90 Å². The van der Waals surface area contributed by atoms with Crippen molar-refractivity contribution in [2.24, 2.45) is 10.2 Å². The first-order chi connectivity index (χ1) is 11.3. The monoisotopic (exact) mass is 369 g/mol. The number of hydrogen-bond donors (Lipinski definition) is 0. The van der Waals surface area contributed by atoms with Crippen LogP contribution in [0.2, 0.25) is 5.02 Å². The van der Waals surface area contributed by atoms with Crippen LogP contribution >= 0.6 is 11.6 Å². The Kier molecular flexibility index (Phi) is 5.90. The minimum atomic E-state index is -4.79. The highest BCUT2D eigenvalue weighted by molar-refractivity contribution is 7.86. The van der Waals surface area contributed by atoms with Crippen molar-refractivity contribution in [1.82, 2.24) is 0 Å². The predicted octanol–water partition coefficient (Wildman–Crippen LogP) is 5.26. The van der Waals surface area contributed by atoms with E-state index in [0.717, 1.165) is 30.9 Å². The molecule has 0 heterocycles. The van der Waals surface area contributed by atoms with Crippen LogP contribution in [-0.4, -0.2) is 21.5 Å². The van der Waals surface area contributed by atoms with Crippen molar-refractivity contribution in [1.29, 1.82) is 0 Å². The molecule has 24 heavy (non-hydrogen) atoms. The van der Waals surface area contributed by atoms with Gasteiger partial charge >= 0.3 is 10.2 Å². The number of nitrogens with zero attached hydrogens (tertiary/aromatic N) is 3. The lowest BCUT2D eigenvalue weighted by atomic mass is 10.2. The molecular weight excluding hydrogens is 353 g/mol. The molecule has 0 saturated heterocycles. The fourth-order valence-electron chi connectivity index (χ4n) is 2.15. The van der Waals surface area contributed by atoms with Gasteiger partial charge in [0.1, 0.15) is 10.6 Å². The molecule has 0 amide bonds. The molecule has 128 valence electrons. The van der Waals surface area contributed by atoms with Gasteiger partial charge in [-0.1, -0.05) is 11.6 Å². The van der Waals surface area contributed by atoms with Crippen molar-refractivity contribution in [3.05, 3.63) is 47.5 Å². The summed E-state index contributed by atoms with van der Waals surface area (Å²) in [7, 11) is -4.79. The van der Waals surface area contributed by atoms with Crippen LogP contribution in [0.5, 0.6) is 0 Å². The standard InChI is InChI=1S/C16H17ClFN3O2S/c1-3-21(4-2)13-7-5-12(6-8-13)19-20-16-10-9-14(11-15(16)17)24(18,22)23/h5-11H,3-4H2,1-2H3. The lowest BCUT2D eigenvalue weighted by molar-refractivity contribution is 0.552. The zero-order valence-electron chi connectivity index (χ0n) is 13.3. The van der Waals surface area contributed by atoms with E-state index < -0.39 is 15.1 Å². The molecular formula is C16H17ClFN3O2S. The summed E-state index contributed by atoms with van der Waals surface area (Å²) in [4.78, 5) is 1.70. The van der Waals surface area contributed by atoms with Crippen LogP contribution in [0.3, 0.4) is 0 Å². The van der Waals surface area contributed by atoms with Crippen molar-refractivity contribution >= 4 is 38.9 Å². The van der Waals surface area contributed by atoms with E-state index in [1.54, 1.807) is 0 Å². The van der Waals surface area contributed by atoms with Crippen molar-refractivity contribution in [3.63, 3.8) is 0 Å². The number of rotatable bonds is 6. The Hall–Kier alpha value is -1.99. The van der Waals surface area contributed by atoms with Gasteiger partial charge in [-0.2, -0.15) is 13.5 Å². The highest BCUT2D eigenvalue weighted by atomic mass is 35.5. The van der Waals surface area contributed by atoms with Gasteiger partial charge in [-0.25, -0.2) is 0 Å². The first-order valence-corrected chi connectivity index (χ1v) is 9.12. The molecule has 0 aliphatic rings. The van der Waals surface area contributed by atoms with E-state index >= 15 is 0 Å². The summed E-state index contributed by atoms with van der Waals surface area (Å²) in [6, 6.07) is 11.0. The third-order valence-electron chi connectivity index (χ3n) is 3.45. The van der Waals surface area contributed by atoms with Crippen LogP contribution in [-0.2, 0) is 10.2 Å². The molecule has 0 bridgehead atoms. The molecule has 8 heteroatoms. The Labute approximate surface area is 146 Å². The van der Waals surface area contributed by atoms with E-state index in [4.69, 9.17) is 11.6 Å². The van der Waals surface area contributed by atoms with Crippen molar-refractivity contribution in [2.75, 3.05) is 18.0 Å². The molecule has 0 atom stereocenters. The summed E-state index contributed by atoms with van der Waals surface area (Å²) in [6.07, 6.45) is 0. The second-order valence-corrected chi connectivity index (χ2v) is 6.69. The minimum Gasteiger partial charge on any atom is -0.372 e. The van der Waals surface area contributed by atoms with E-state index in [1.165, 1.54) is 6.07 Å². The summed E-state index contributed by atoms with van der Waals surface area (Å²) in [5, 5.41) is 8.05. The molecule has 0 fully saturated rings. The molecule has 2 aromatic rings. The average molecular weight is 370 g/mol. The maximum absolute atomic E-state index is 12.9. The highest BCUT2D eigenvalue weighted by Crippen LogP contribution is 2.30. The Morgan fingerprint density at radius 1 is 1.04 bits per heavy atom. The molecule has 2 aromatic carbocycles. The number of halogens is 2. The van der Waals surface area contributed by atoms with Crippen molar-refractivity contribution in [2.45, 2.75) is 18.7 Å². The maximum atomic E-state index is 12.9. The third-order valence-corrected chi connectivity index (χ3v) is 4.57. The van der Waals surface area contributed by atoms with Crippen LogP contribution in [0.25, 0.3) is 0 Å². The normalized spacial score (nSPS) is 11.8. The molecule has 0 spiro atoms. The van der Waals surface area contributed by atoms with Crippen LogP contribution < -0.4 is 4.90 Å². The lowest BCUT2D eigenvalue weighted by Gasteiger charge is -2.20. The van der Waals surface area contributed by atoms with Gasteiger partial charge in [0.05, 0.1) is 10.7 Å². The fraction of sp³-hybridized carbons (Fsp3) is 0.250. The largest absolute Gasteiger partial charge is 0.372 e. The molecule has 0 N–H and O–H groups in total. The van der Waals surface area contributed by atoms with Gasteiger partial charge in [0.15, 0.2) is 0 Å². The summed E-state index contributed by atoms with van der Waals surface area (Å²) < 4.78 is 34.6. The summed E-state index contributed by atoms with van der Waals surface area (Å²) in [5.41, 5.74) is 1.98. The zero-order valence-corrected chi connectivity index (χ0v) is 14.9. The van der Waals surface area contributed by atoms with Gasteiger partial charge in [-0.15, -0.1) is 9.00 Å². The van der Waals surface area contributed by atoms with E-state index in [9.17, 15) is 12.3 Å². The van der Waals surface area contributed by atoms with Crippen LogP contribution in [0.1, 0.15) is 13.8 Å². The molecule has 0 saturated carbocycles. The quantitative estimate of drug-likeness (QED) is 0.515. The van der Waals surface area contributed by atoms with Crippen LogP contribution in [0, 0.1) is 0 Å². The molecule has 2 rings (SSSR count). The Bertz CT molecular complexity index is 835. The summed E-state index contributed by atoms with van der Waals surface area (Å²) in [5.74, 6) is 0. The average Bonchev–Trinajstić information content (AvgIpc) is 2.55. The van der Waals surface area contributed by atoms with E-state index in [0.29, 0.717) is 5.69 Å². The molecule has 0 aliphatic carbocycles. The number of anilines is 1. The van der Waals surface area contributed by atoms with Gasteiger partial charge in [0.25, 0.3) is 0 Å². The van der Waals surface area contributed by atoms with Crippen molar-refractivity contribution < 1.29 is 12.3 Å². The minimum absolute atomic E-state index is 0.0113. The fourth-order valence-corrected chi connectivity index (χ4v) is 2.92. The second-order valence-electron chi connectivity index (χ2n) is 4.94. The lowest BCUT2D eigenvalue weighted by Crippen LogP contribution is -2.21. The molecule has 0 unspecified atom stereocenters. The second kappa shape index (κ2) is 7.72. The van der Waals surface area contributed by atoms with E-state index in [1.807, 2.05) is 24.3 Å². The molecule has 0 aromatic heterocycles. The predicted molar refractivity (Wildman–Crippen MR) is 93.9 cm³/mol. The first kappa shape index (κ1) is 18.4. The topological polar surface area (TPSA) is 62.1 Å². The molecule has 0 radical (unpaired) electrons. The summed E-state index contributed by atoms with van der Waals surface area (Å²) >= 11 is 5.91. The number of azo groups is 1. The van der Waals surface area contributed by atoms with Gasteiger partial charge in [-0.05, 0) is 56.3 Å². The number of benzene rings is 2. The van der Waals surface area contributed by atoms with Crippen LogP contribution in [0.15, 0.2) is 57.6 Å². The SMILES string of the molecule is CCN(CC)c1ccc(N=Nc2ccc(S(=O)(=O)F)cc2Cl)cc1. The zero-order chi connectivity index (χ0) is 17.7. The Balaban J connectivity index is 2.19. The number of hydrogen-bond acceptors (Lipinski definition) is 5.